The summed E-state index contributed by atoms with van der Waals surface area (Å²) in [5.74, 6) is 1.61. The number of carbonyl (C=O) groups is 2. The van der Waals surface area contributed by atoms with Crippen molar-refractivity contribution in [3.05, 3.63) is 179 Å². The van der Waals surface area contributed by atoms with Gasteiger partial charge in [0.15, 0.2) is 5.78 Å². The number of hydrogen-bond acceptors (Lipinski definition) is 8. The molecule has 7 N–H and O–H groups in total. The lowest BCUT2D eigenvalue weighted by Crippen LogP contribution is -2.11. The average molecular weight is 817 g/mol. The standard InChI is InChI=1S/C29H23N3O2S.C21H17N5/c1-18-2-6-20(7-3-18)26(33)16-19-4-8-22(9-5-19)29-32-25-15-14-24(17-27(25)35-29)31-28(34)21-10-12-23(30)13-11-21;1-12-2-8-16-18(10-12)25-20(23-16)13-3-5-14(6-4-13)21-24-17-9-7-15(22)11-19(17)26-21/h2-15,17H,16,30H2,1H3,(H,31,34);2-11H,22H2,1H3,(H,23,25)(H,24,26). The SMILES string of the molecule is Cc1ccc(C(=O)Cc2ccc(-c3nc4ccc(NC(=O)c5ccc(N)cc5)cc4s3)cc2)cc1.Cc1ccc2nc(-c3ccc(-c4nc5ccc(N)cc5[nH]4)cc3)[nH]c2c1. The number of H-pyrrole nitrogens is 2. The molecule has 61 heavy (non-hydrogen) atoms. The highest BCUT2D eigenvalue weighted by Crippen LogP contribution is 2.32. The van der Waals surface area contributed by atoms with E-state index in [9.17, 15) is 9.59 Å². The Labute approximate surface area is 355 Å². The lowest BCUT2D eigenvalue weighted by atomic mass is 10.0. The van der Waals surface area contributed by atoms with Gasteiger partial charge in [0.05, 0.1) is 32.3 Å². The van der Waals surface area contributed by atoms with E-state index in [4.69, 9.17) is 16.5 Å². The molecule has 3 heterocycles. The van der Waals surface area contributed by atoms with Gasteiger partial charge in [-0.3, -0.25) is 9.59 Å². The number of aryl methyl sites for hydroxylation is 2. The molecule has 11 heteroatoms. The number of nitrogens with two attached hydrogens (primary N) is 2. The van der Waals surface area contributed by atoms with Crippen molar-refractivity contribution in [2.75, 3.05) is 16.8 Å². The van der Waals surface area contributed by atoms with Crippen LogP contribution in [-0.4, -0.2) is 36.6 Å². The molecule has 7 aromatic carbocycles. The Kier molecular flexibility index (Phi) is 10.4. The zero-order valence-corrected chi connectivity index (χ0v) is 34.2. The predicted octanol–water partition coefficient (Wildman–Crippen LogP) is 11.2. The smallest absolute Gasteiger partial charge is 0.255 e. The van der Waals surface area contributed by atoms with Gasteiger partial charge in [-0.05, 0) is 97.8 Å². The van der Waals surface area contributed by atoms with Crippen LogP contribution in [0.1, 0.15) is 37.4 Å². The number of nitrogens with one attached hydrogen (secondary N) is 3. The molecule has 1 amide bonds. The van der Waals surface area contributed by atoms with Crippen LogP contribution in [-0.2, 0) is 6.42 Å². The van der Waals surface area contributed by atoms with E-state index < -0.39 is 0 Å². The largest absolute Gasteiger partial charge is 0.399 e. The molecule has 0 spiro atoms. The predicted molar refractivity (Wildman–Crippen MR) is 249 cm³/mol. The maximum absolute atomic E-state index is 12.6. The van der Waals surface area contributed by atoms with E-state index in [-0.39, 0.29) is 11.7 Å². The van der Waals surface area contributed by atoms with Gasteiger partial charge in [-0.1, -0.05) is 84.4 Å². The Morgan fingerprint density at radius 2 is 1.11 bits per heavy atom. The van der Waals surface area contributed by atoms with Crippen LogP contribution in [0.15, 0.2) is 152 Å². The summed E-state index contributed by atoms with van der Waals surface area (Å²) in [5.41, 5.74) is 26.0. The van der Waals surface area contributed by atoms with Crippen molar-refractivity contribution in [2.24, 2.45) is 0 Å². The molecular formula is C50H40N8O2S. The second kappa shape index (κ2) is 16.4. The summed E-state index contributed by atoms with van der Waals surface area (Å²) in [6.07, 6.45) is 0.361. The van der Waals surface area contributed by atoms with Crippen LogP contribution in [0, 0.1) is 13.8 Å². The van der Waals surface area contributed by atoms with E-state index in [1.54, 1.807) is 35.6 Å². The topological polar surface area (TPSA) is 168 Å². The van der Waals surface area contributed by atoms with E-state index in [1.807, 2.05) is 97.9 Å². The van der Waals surface area contributed by atoms with Gasteiger partial charge in [0.2, 0.25) is 0 Å². The lowest BCUT2D eigenvalue weighted by molar-refractivity contribution is 0.0991. The molecule has 3 aromatic heterocycles. The minimum atomic E-state index is -0.190. The molecule has 0 aliphatic heterocycles. The number of aromatic amines is 2. The number of Topliss-reactive ketones (excluding diaryl/α,β-unsaturated/α-hetero) is 1. The van der Waals surface area contributed by atoms with Crippen molar-refractivity contribution in [3.63, 3.8) is 0 Å². The number of aromatic nitrogens is 5. The van der Waals surface area contributed by atoms with Crippen molar-refractivity contribution in [1.82, 2.24) is 24.9 Å². The molecule has 298 valence electrons. The third-order valence-electron chi connectivity index (χ3n) is 10.3. The van der Waals surface area contributed by atoms with Gasteiger partial charge in [0, 0.05) is 51.3 Å². The van der Waals surface area contributed by atoms with E-state index in [2.05, 4.69) is 68.6 Å². The number of fused-ring (bicyclic) bond motifs is 3. The van der Waals surface area contributed by atoms with E-state index in [0.717, 1.165) is 88.0 Å². The second-order valence-corrected chi connectivity index (χ2v) is 16.0. The van der Waals surface area contributed by atoms with Crippen LogP contribution in [0.3, 0.4) is 0 Å². The summed E-state index contributed by atoms with van der Waals surface area (Å²) < 4.78 is 0.980. The summed E-state index contributed by atoms with van der Waals surface area (Å²) >= 11 is 1.56. The summed E-state index contributed by atoms with van der Waals surface area (Å²) in [6, 6.07) is 48.2. The van der Waals surface area contributed by atoms with Crippen LogP contribution < -0.4 is 16.8 Å². The Bertz CT molecular complexity index is 3100. The normalized spacial score (nSPS) is 11.1. The first kappa shape index (κ1) is 38.6. The van der Waals surface area contributed by atoms with Gasteiger partial charge in [-0.25, -0.2) is 15.0 Å². The van der Waals surface area contributed by atoms with Gasteiger partial charge in [-0.15, -0.1) is 11.3 Å². The van der Waals surface area contributed by atoms with Crippen molar-refractivity contribution in [2.45, 2.75) is 20.3 Å². The summed E-state index contributed by atoms with van der Waals surface area (Å²) in [7, 11) is 0. The van der Waals surface area contributed by atoms with Gasteiger partial charge in [0.1, 0.15) is 16.7 Å². The molecule has 0 aliphatic carbocycles. The second-order valence-electron chi connectivity index (χ2n) is 15.0. The molecule has 0 atom stereocenters. The number of anilines is 3. The highest BCUT2D eigenvalue weighted by Gasteiger charge is 2.13. The number of imidazole rings is 2. The summed E-state index contributed by atoms with van der Waals surface area (Å²) in [5, 5.41) is 3.82. The number of hydrogen-bond donors (Lipinski definition) is 5. The van der Waals surface area contributed by atoms with E-state index >= 15 is 0 Å². The molecule has 0 radical (unpaired) electrons. The highest BCUT2D eigenvalue weighted by molar-refractivity contribution is 7.21. The summed E-state index contributed by atoms with van der Waals surface area (Å²) in [4.78, 5) is 45.9. The van der Waals surface area contributed by atoms with Crippen molar-refractivity contribution in [1.29, 1.82) is 0 Å². The van der Waals surface area contributed by atoms with Crippen LogP contribution in [0.2, 0.25) is 0 Å². The van der Waals surface area contributed by atoms with Crippen molar-refractivity contribution in [3.8, 4) is 33.3 Å². The number of nitrogens with zero attached hydrogens (tertiary/aromatic N) is 3. The molecule has 0 saturated carbocycles. The third-order valence-corrected chi connectivity index (χ3v) is 11.4. The first-order chi connectivity index (χ1) is 29.6. The lowest BCUT2D eigenvalue weighted by Gasteiger charge is -2.05. The minimum Gasteiger partial charge on any atom is -0.399 e. The number of nitrogen functional groups attached to an aromatic ring is 2. The average Bonchev–Trinajstić information content (AvgIpc) is 4.01. The maximum Gasteiger partial charge on any atom is 0.255 e. The number of amides is 1. The number of benzene rings is 7. The monoisotopic (exact) mass is 816 g/mol. The highest BCUT2D eigenvalue weighted by atomic mass is 32.1. The number of carbonyl (C=O) groups excluding carboxylic acids is 2. The quantitative estimate of drug-likeness (QED) is 0.0751. The molecule has 0 saturated heterocycles. The fourth-order valence-corrected chi connectivity index (χ4v) is 7.98. The Balaban J connectivity index is 0.000000163. The van der Waals surface area contributed by atoms with Crippen LogP contribution in [0.4, 0.5) is 17.1 Å². The third kappa shape index (κ3) is 8.63. The number of ketones is 1. The molecule has 0 bridgehead atoms. The fourth-order valence-electron chi connectivity index (χ4n) is 6.97. The van der Waals surface area contributed by atoms with Gasteiger partial charge in [0.25, 0.3) is 5.91 Å². The zero-order chi connectivity index (χ0) is 42.0. The Morgan fingerprint density at radius 1 is 0.557 bits per heavy atom. The van der Waals surface area contributed by atoms with Crippen LogP contribution in [0.5, 0.6) is 0 Å². The van der Waals surface area contributed by atoms with Crippen LogP contribution in [0.25, 0.3) is 65.6 Å². The number of rotatable bonds is 8. The van der Waals surface area contributed by atoms with Crippen LogP contribution >= 0.6 is 11.3 Å². The fraction of sp³-hybridized carbons (Fsp3) is 0.0600. The molecule has 10 nitrogen and oxygen atoms in total. The van der Waals surface area contributed by atoms with Gasteiger partial charge in [-0.2, -0.15) is 0 Å². The number of thiazole rings is 1. The van der Waals surface area contributed by atoms with E-state index in [1.165, 1.54) is 5.56 Å². The zero-order valence-electron chi connectivity index (χ0n) is 33.4. The summed E-state index contributed by atoms with van der Waals surface area (Å²) in [6.45, 7) is 4.09. The maximum atomic E-state index is 12.6. The van der Waals surface area contributed by atoms with Crippen molar-refractivity contribution < 1.29 is 9.59 Å². The molecular weight excluding hydrogens is 777 g/mol. The first-order valence-electron chi connectivity index (χ1n) is 19.7. The van der Waals surface area contributed by atoms with Gasteiger partial charge >= 0.3 is 0 Å². The minimum absolute atomic E-state index is 0.103. The van der Waals surface area contributed by atoms with Gasteiger partial charge < -0.3 is 26.8 Å². The first-order valence-corrected chi connectivity index (χ1v) is 20.5. The van der Waals surface area contributed by atoms with E-state index in [0.29, 0.717) is 23.4 Å². The molecule has 0 aliphatic rings. The van der Waals surface area contributed by atoms with Crippen molar-refractivity contribution >= 4 is 72.4 Å². The molecule has 10 aromatic rings. The molecule has 0 unspecified atom stereocenters. The molecule has 0 fully saturated rings. The molecule has 10 rings (SSSR count). The Morgan fingerprint density at radius 3 is 1.79 bits per heavy atom. The Hall–Kier alpha value is -7.89.